The van der Waals surface area contributed by atoms with Crippen molar-refractivity contribution < 1.29 is 26.8 Å². The molecule has 1 aromatic rings. The van der Waals surface area contributed by atoms with Crippen molar-refractivity contribution in [3.63, 3.8) is 0 Å². The molecule has 1 aliphatic carbocycles. The lowest BCUT2D eigenvalue weighted by Crippen LogP contribution is -2.51. The second-order valence-electron chi connectivity index (χ2n) is 7.36. The number of sulfonamides is 1. The number of rotatable bonds is 6. The van der Waals surface area contributed by atoms with Crippen LogP contribution in [0.15, 0.2) is 23.1 Å². The Balaban J connectivity index is 1.49. The van der Waals surface area contributed by atoms with Crippen molar-refractivity contribution in [3.05, 3.63) is 29.8 Å². The van der Waals surface area contributed by atoms with E-state index in [1.807, 2.05) is 0 Å². The summed E-state index contributed by atoms with van der Waals surface area (Å²) in [7, 11) is -4.32. The van der Waals surface area contributed by atoms with Crippen LogP contribution in [0.4, 0.5) is 8.78 Å². The van der Waals surface area contributed by atoms with E-state index in [-0.39, 0.29) is 56.9 Å². The van der Waals surface area contributed by atoms with E-state index in [9.17, 15) is 26.8 Å². The molecule has 3 rings (SSSR count). The van der Waals surface area contributed by atoms with Crippen molar-refractivity contribution in [2.75, 3.05) is 32.7 Å². The molecule has 29 heavy (non-hydrogen) atoms. The second-order valence-corrected chi connectivity index (χ2v) is 9.23. The maximum absolute atomic E-state index is 13.9. The van der Waals surface area contributed by atoms with Crippen LogP contribution in [0.1, 0.15) is 32.1 Å². The van der Waals surface area contributed by atoms with Crippen LogP contribution >= 0.6 is 0 Å². The van der Waals surface area contributed by atoms with Crippen LogP contribution < -0.4 is 5.32 Å². The summed E-state index contributed by atoms with van der Waals surface area (Å²) in [5.41, 5.74) is 0. The number of nitrogens with one attached hydrogen (secondary N) is 1. The molecule has 1 saturated heterocycles. The fraction of sp³-hybridized carbons (Fsp3) is 0.579. The predicted molar refractivity (Wildman–Crippen MR) is 101 cm³/mol. The minimum atomic E-state index is -4.32. The van der Waals surface area contributed by atoms with E-state index < -0.39 is 26.6 Å². The van der Waals surface area contributed by atoms with Crippen LogP contribution in [-0.4, -0.2) is 62.2 Å². The maximum Gasteiger partial charge on any atom is 0.249 e. The zero-order valence-electron chi connectivity index (χ0n) is 16.1. The van der Waals surface area contributed by atoms with Crippen molar-refractivity contribution in [2.45, 2.75) is 37.0 Å². The molecule has 0 bridgehead atoms. The number of benzene rings is 1. The highest BCUT2D eigenvalue weighted by Gasteiger charge is 2.34. The Morgan fingerprint density at radius 2 is 1.62 bits per heavy atom. The lowest BCUT2D eigenvalue weighted by atomic mass is 10.1. The van der Waals surface area contributed by atoms with Gasteiger partial charge in [0.25, 0.3) is 0 Å². The average Bonchev–Trinajstić information content (AvgIpc) is 3.22. The third kappa shape index (κ3) is 4.92. The molecular weight excluding hydrogens is 404 g/mol. The number of hydrogen-bond acceptors (Lipinski definition) is 4. The molecule has 160 valence electrons. The molecule has 0 atom stereocenters. The molecule has 2 fully saturated rings. The minimum absolute atomic E-state index is 0.0156. The molecule has 7 nitrogen and oxygen atoms in total. The Bertz CT molecular complexity index is 844. The van der Waals surface area contributed by atoms with Gasteiger partial charge in [-0.25, -0.2) is 17.2 Å². The number of nitrogens with zero attached hydrogens (tertiary/aromatic N) is 2. The molecule has 2 aliphatic rings. The standard InChI is InChI=1S/C19H25F2N3O4S/c20-15-6-3-7-16(21)18(15)29(27,28)24-12-10-23(11-13-24)17(25)8-9-22-19(26)14-4-1-2-5-14/h3,6-7,14H,1-2,4-5,8-13H2,(H,22,26). The van der Waals surface area contributed by atoms with Gasteiger partial charge in [-0.15, -0.1) is 0 Å². The predicted octanol–water partition coefficient (Wildman–Crippen LogP) is 1.49. The van der Waals surface area contributed by atoms with Crippen molar-refractivity contribution in [2.24, 2.45) is 5.92 Å². The third-order valence-electron chi connectivity index (χ3n) is 5.47. The molecule has 10 heteroatoms. The normalized spacial score (nSPS) is 18.8. The monoisotopic (exact) mass is 429 g/mol. The van der Waals surface area contributed by atoms with Crippen LogP contribution in [0, 0.1) is 17.6 Å². The van der Waals surface area contributed by atoms with Gasteiger partial charge in [0.05, 0.1) is 0 Å². The molecule has 1 aromatic carbocycles. The van der Waals surface area contributed by atoms with Crippen molar-refractivity contribution in [1.82, 2.24) is 14.5 Å². The van der Waals surface area contributed by atoms with Crippen molar-refractivity contribution in [3.8, 4) is 0 Å². The van der Waals surface area contributed by atoms with E-state index in [0.29, 0.717) is 0 Å². The fourth-order valence-electron chi connectivity index (χ4n) is 3.82. The Morgan fingerprint density at radius 3 is 2.21 bits per heavy atom. The zero-order chi connectivity index (χ0) is 21.0. The summed E-state index contributed by atoms with van der Waals surface area (Å²) in [5, 5.41) is 2.79. The summed E-state index contributed by atoms with van der Waals surface area (Å²) in [6, 6.07) is 2.90. The average molecular weight is 429 g/mol. The SMILES string of the molecule is O=C(NCCC(=O)N1CCN(S(=O)(=O)c2c(F)cccc2F)CC1)C1CCCC1. The molecule has 2 amide bonds. The van der Waals surface area contributed by atoms with E-state index in [4.69, 9.17) is 0 Å². The molecular formula is C19H25F2N3O4S. The summed E-state index contributed by atoms with van der Waals surface area (Å²) < 4.78 is 53.9. The number of piperazine rings is 1. The van der Waals surface area contributed by atoms with Crippen molar-refractivity contribution >= 4 is 21.8 Å². The first-order valence-corrected chi connectivity index (χ1v) is 11.2. The number of halogens is 2. The largest absolute Gasteiger partial charge is 0.355 e. The fourth-order valence-corrected chi connectivity index (χ4v) is 5.35. The zero-order valence-corrected chi connectivity index (χ0v) is 16.9. The highest BCUT2D eigenvalue weighted by Crippen LogP contribution is 2.25. The summed E-state index contributed by atoms with van der Waals surface area (Å²) in [5.74, 6) is -2.44. The van der Waals surface area contributed by atoms with Gasteiger partial charge in [-0.3, -0.25) is 9.59 Å². The Hall–Kier alpha value is -2.07. The highest BCUT2D eigenvalue weighted by atomic mass is 32.2. The number of carbonyl (C=O) groups excluding carboxylic acids is 2. The summed E-state index contributed by atoms with van der Waals surface area (Å²) >= 11 is 0. The Labute approximate surface area is 169 Å². The van der Waals surface area contributed by atoms with Gasteiger partial charge in [-0.2, -0.15) is 4.31 Å². The molecule has 1 saturated carbocycles. The van der Waals surface area contributed by atoms with Crippen LogP contribution in [0.25, 0.3) is 0 Å². The van der Waals surface area contributed by atoms with Crippen LogP contribution in [0.2, 0.25) is 0 Å². The second kappa shape index (κ2) is 9.17. The van der Waals surface area contributed by atoms with E-state index >= 15 is 0 Å². The van der Waals surface area contributed by atoms with Gasteiger partial charge >= 0.3 is 0 Å². The molecule has 0 spiro atoms. The summed E-state index contributed by atoms with van der Waals surface area (Å²) in [4.78, 5) is 24.8. The van der Waals surface area contributed by atoms with Crippen LogP contribution in [-0.2, 0) is 19.6 Å². The highest BCUT2D eigenvalue weighted by molar-refractivity contribution is 7.89. The van der Waals surface area contributed by atoms with Gasteiger partial charge in [-0.1, -0.05) is 18.9 Å². The van der Waals surface area contributed by atoms with Crippen molar-refractivity contribution in [1.29, 1.82) is 0 Å². The Morgan fingerprint density at radius 1 is 1.03 bits per heavy atom. The topological polar surface area (TPSA) is 86.8 Å². The lowest BCUT2D eigenvalue weighted by Gasteiger charge is -2.34. The number of amides is 2. The van der Waals surface area contributed by atoms with E-state index in [0.717, 1.165) is 48.2 Å². The molecule has 0 aromatic heterocycles. The van der Waals surface area contributed by atoms with Crippen LogP contribution in [0.3, 0.4) is 0 Å². The van der Waals surface area contributed by atoms with Gasteiger partial charge in [0.2, 0.25) is 21.8 Å². The quantitative estimate of drug-likeness (QED) is 0.743. The lowest BCUT2D eigenvalue weighted by molar-refractivity contribution is -0.132. The molecule has 1 N–H and O–H groups in total. The summed E-state index contributed by atoms with van der Waals surface area (Å²) in [6.45, 7) is 0.412. The first-order valence-electron chi connectivity index (χ1n) is 9.80. The number of carbonyl (C=O) groups is 2. The maximum atomic E-state index is 13.9. The Kier molecular flexibility index (Phi) is 6.84. The first-order chi connectivity index (χ1) is 13.8. The van der Waals surface area contributed by atoms with E-state index in [2.05, 4.69) is 5.32 Å². The smallest absolute Gasteiger partial charge is 0.249 e. The third-order valence-corrected chi connectivity index (χ3v) is 7.42. The molecule has 0 unspecified atom stereocenters. The molecule has 0 radical (unpaired) electrons. The van der Waals surface area contributed by atoms with Gasteiger partial charge in [0, 0.05) is 45.1 Å². The van der Waals surface area contributed by atoms with E-state index in [1.165, 1.54) is 4.90 Å². The van der Waals surface area contributed by atoms with Gasteiger partial charge in [-0.05, 0) is 25.0 Å². The number of hydrogen-bond donors (Lipinski definition) is 1. The molecule has 1 aliphatic heterocycles. The first kappa shape index (κ1) is 21.6. The summed E-state index contributed by atoms with van der Waals surface area (Å²) in [6.07, 6.45) is 4.02. The van der Waals surface area contributed by atoms with E-state index in [1.54, 1.807) is 0 Å². The van der Waals surface area contributed by atoms with Gasteiger partial charge in [0.1, 0.15) is 11.6 Å². The van der Waals surface area contributed by atoms with Crippen LogP contribution in [0.5, 0.6) is 0 Å². The van der Waals surface area contributed by atoms with Gasteiger partial charge in [0.15, 0.2) is 4.90 Å². The molecule has 1 heterocycles. The minimum Gasteiger partial charge on any atom is -0.355 e. The van der Waals surface area contributed by atoms with Gasteiger partial charge < -0.3 is 10.2 Å².